The lowest BCUT2D eigenvalue weighted by atomic mass is 10.2. The summed E-state index contributed by atoms with van der Waals surface area (Å²) in [5, 5.41) is 4.19. The van der Waals surface area contributed by atoms with Crippen molar-refractivity contribution in [3.8, 4) is 17.1 Å². The number of carbonyl (C=O) groups excluding carboxylic acids is 1. The Hall–Kier alpha value is -2.95. The maximum atomic E-state index is 11.3. The predicted octanol–water partition coefficient (Wildman–Crippen LogP) is 2.03. The van der Waals surface area contributed by atoms with Crippen LogP contribution in [0, 0.1) is 0 Å². The minimum Gasteiger partial charge on any atom is -0.363 e. The Kier molecular flexibility index (Phi) is 3.01. The van der Waals surface area contributed by atoms with Crippen molar-refractivity contribution in [1.29, 1.82) is 0 Å². The van der Waals surface area contributed by atoms with Gasteiger partial charge in [0.25, 0.3) is 5.91 Å². The highest BCUT2D eigenvalue weighted by Crippen LogP contribution is 2.20. The number of benzene rings is 2. The summed E-state index contributed by atoms with van der Waals surface area (Å²) in [6, 6.07) is 19.1. The molecule has 5 heteroatoms. The lowest BCUT2D eigenvalue weighted by Gasteiger charge is -2.05. The Balaban J connectivity index is 2.20. The van der Waals surface area contributed by atoms with Crippen LogP contribution in [0.15, 0.2) is 60.7 Å². The van der Waals surface area contributed by atoms with Gasteiger partial charge in [-0.3, -0.25) is 4.79 Å². The van der Waals surface area contributed by atoms with Gasteiger partial charge in [-0.15, -0.1) is 5.10 Å². The highest BCUT2D eigenvalue weighted by atomic mass is 16.1. The molecule has 20 heavy (non-hydrogen) atoms. The molecule has 1 heterocycles. The SMILES string of the molecule is NC(=O)c1nc(-c2ccccc2)n(-c2ccccc2)n1. The predicted molar refractivity (Wildman–Crippen MR) is 75.3 cm³/mol. The van der Waals surface area contributed by atoms with Crippen LogP contribution in [0.2, 0.25) is 0 Å². The van der Waals surface area contributed by atoms with Crippen LogP contribution in [-0.4, -0.2) is 20.7 Å². The molecule has 0 aliphatic heterocycles. The van der Waals surface area contributed by atoms with E-state index in [0.717, 1.165) is 11.3 Å². The van der Waals surface area contributed by atoms with Gasteiger partial charge in [0.1, 0.15) is 0 Å². The highest BCUT2D eigenvalue weighted by Gasteiger charge is 2.16. The van der Waals surface area contributed by atoms with Gasteiger partial charge >= 0.3 is 0 Å². The molecule has 1 amide bonds. The van der Waals surface area contributed by atoms with Crippen LogP contribution >= 0.6 is 0 Å². The fraction of sp³-hybridized carbons (Fsp3) is 0. The van der Waals surface area contributed by atoms with Gasteiger partial charge in [0, 0.05) is 5.56 Å². The van der Waals surface area contributed by atoms with Gasteiger partial charge in [-0.2, -0.15) is 0 Å². The van der Waals surface area contributed by atoms with E-state index in [1.54, 1.807) is 4.68 Å². The summed E-state index contributed by atoms with van der Waals surface area (Å²) in [5.74, 6) is -0.0461. The van der Waals surface area contributed by atoms with Gasteiger partial charge in [0.15, 0.2) is 5.82 Å². The normalized spacial score (nSPS) is 10.4. The van der Waals surface area contributed by atoms with Crippen molar-refractivity contribution in [2.24, 2.45) is 5.73 Å². The summed E-state index contributed by atoms with van der Waals surface area (Å²) in [4.78, 5) is 15.5. The second-order valence-corrected chi connectivity index (χ2v) is 4.24. The first kappa shape index (κ1) is 12.1. The minimum atomic E-state index is -0.642. The van der Waals surface area contributed by atoms with Crippen LogP contribution < -0.4 is 5.73 Å². The van der Waals surface area contributed by atoms with Crippen LogP contribution in [0.1, 0.15) is 10.6 Å². The van der Waals surface area contributed by atoms with Crippen molar-refractivity contribution in [3.05, 3.63) is 66.5 Å². The zero-order valence-electron chi connectivity index (χ0n) is 10.6. The maximum absolute atomic E-state index is 11.3. The third-order valence-corrected chi connectivity index (χ3v) is 2.86. The van der Waals surface area contributed by atoms with Crippen LogP contribution in [0.25, 0.3) is 17.1 Å². The molecule has 0 saturated heterocycles. The largest absolute Gasteiger partial charge is 0.363 e. The standard InChI is InChI=1S/C15H12N4O/c16-13(20)14-17-15(11-7-3-1-4-8-11)19(18-14)12-9-5-2-6-10-12/h1-10H,(H2,16,20). The lowest BCUT2D eigenvalue weighted by Crippen LogP contribution is -2.13. The van der Waals surface area contributed by atoms with Gasteiger partial charge in [0.05, 0.1) is 5.69 Å². The van der Waals surface area contributed by atoms with Gasteiger partial charge in [0.2, 0.25) is 5.82 Å². The molecule has 0 bridgehead atoms. The van der Waals surface area contributed by atoms with E-state index in [4.69, 9.17) is 5.73 Å². The van der Waals surface area contributed by atoms with Crippen molar-refractivity contribution in [3.63, 3.8) is 0 Å². The van der Waals surface area contributed by atoms with Gasteiger partial charge in [-0.25, -0.2) is 9.67 Å². The molecule has 3 rings (SSSR count). The highest BCUT2D eigenvalue weighted by molar-refractivity contribution is 5.89. The Morgan fingerprint density at radius 2 is 1.55 bits per heavy atom. The summed E-state index contributed by atoms with van der Waals surface area (Å²) in [5.41, 5.74) is 6.97. The maximum Gasteiger partial charge on any atom is 0.288 e. The topological polar surface area (TPSA) is 73.8 Å². The summed E-state index contributed by atoms with van der Waals surface area (Å²) in [6.07, 6.45) is 0. The number of nitrogens with zero attached hydrogens (tertiary/aromatic N) is 3. The molecule has 0 radical (unpaired) electrons. The first-order valence-electron chi connectivity index (χ1n) is 6.13. The van der Waals surface area contributed by atoms with Crippen LogP contribution in [-0.2, 0) is 0 Å². The van der Waals surface area contributed by atoms with E-state index in [9.17, 15) is 4.79 Å². The number of hydrogen-bond donors (Lipinski definition) is 1. The molecule has 0 aliphatic rings. The van der Waals surface area contributed by atoms with Crippen molar-refractivity contribution >= 4 is 5.91 Å². The molecular formula is C15H12N4O. The smallest absolute Gasteiger partial charge is 0.288 e. The quantitative estimate of drug-likeness (QED) is 0.786. The van der Waals surface area contributed by atoms with Gasteiger partial charge < -0.3 is 5.73 Å². The third-order valence-electron chi connectivity index (χ3n) is 2.86. The zero-order chi connectivity index (χ0) is 13.9. The fourth-order valence-electron chi connectivity index (χ4n) is 1.94. The van der Waals surface area contributed by atoms with E-state index in [2.05, 4.69) is 10.1 Å². The first-order chi connectivity index (χ1) is 9.75. The number of aromatic nitrogens is 3. The average molecular weight is 264 g/mol. The van der Waals surface area contributed by atoms with E-state index < -0.39 is 5.91 Å². The van der Waals surface area contributed by atoms with Gasteiger partial charge in [-0.1, -0.05) is 48.5 Å². The molecule has 0 fully saturated rings. The van der Waals surface area contributed by atoms with E-state index in [0.29, 0.717) is 5.82 Å². The summed E-state index contributed by atoms with van der Waals surface area (Å²) in [7, 11) is 0. The second kappa shape index (κ2) is 4.97. The van der Waals surface area contributed by atoms with Crippen LogP contribution in [0.3, 0.4) is 0 Å². The molecule has 2 N–H and O–H groups in total. The monoisotopic (exact) mass is 264 g/mol. The minimum absolute atomic E-state index is 0.00714. The summed E-state index contributed by atoms with van der Waals surface area (Å²) < 4.78 is 1.62. The van der Waals surface area contributed by atoms with E-state index >= 15 is 0 Å². The second-order valence-electron chi connectivity index (χ2n) is 4.24. The molecule has 0 atom stereocenters. The number of hydrogen-bond acceptors (Lipinski definition) is 3. The molecule has 0 spiro atoms. The number of para-hydroxylation sites is 1. The number of nitrogens with two attached hydrogens (primary N) is 1. The first-order valence-corrected chi connectivity index (χ1v) is 6.13. The average Bonchev–Trinajstić information content (AvgIpc) is 2.94. The molecule has 5 nitrogen and oxygen atoms in total. The molecule has 0 saturated carbocycles. The van der Waals surface area contributed by atoms with Crippen molar-refractivity contribution in [2.75, 3.05) is 0 Å². The lowest BCUT2D eigenvalue weighted by molar-refractivity contribution is 0.0990. The molecular weight excluding hydrogens is 252 g/mol. The van der Waals surface area contributed by atoms with Crippen molar-refractivity contribution < 1.29 is 4.79 Å². The molecule has 98 valence electrons. The molecule has 3 aromatic rings. The fourth-order valence-corrected chi connectivity index (χ4v) is 1.94. The Morgan fingerprint density at radius 1 is 0.950 bits per heavy atom. The third kappa shape index (κ3) is 2.16. The Bertz CT molecular complexity index is 678. The summed E-state index contributed by atoms with van der Waals surface area (Å²) in [6.45, 7) is 0. The van der Waals surface area contributed by atoms with Crippen LogP contribution in [0.4, 0.5) is 0 Å². The van der Waals surface area contributed by atoms with E-state index in [1.165, 1.54) is 0 Å². The molecule has 0 unspecified atom stereocenters. The number of amides is 1. The molecule has 1 aromatic heterocycles. The zero-order valence-corrected chi connectivity index (χ0v) is 10.6. The molecule has 0 aliphatic carbocycles. The van der Waals surface area contributed by atoms with Crippen LogP contribution in [0.5, 0.6) is 0 Å². The van der Waals surface area contributed by atoms with Crippen molar-refractivity contribution in [2.45, 2.75) is 0 Å². The van der Waals surface area contributed by atoms with Gasteiger partial charge in [-0.05, 0) is 12.1 Å². The van der Waals surface area contributed by atoms with Crippen molar-refractivity contribution in [1.82, 2.24) is 14.8 Å². The Morgan fingerprint density at radius 3 is 2.15 bits per heavy atom. The molecule has 2 aromatic carbocycles. The van der Waals surface area contributed by atoms with E-state index in [-0.39, 0.29) is 5.82 Å². The number of primary amides is 1. The van der Waals surface area contributed by atoms with E-state index in [1.807, 2.05) is 60.7 Å². The summed E-state index contributed by atoms with van der Waals surface area (Å²) >= 11 is 0. The number of carbonyl (C=O) groups is 1. The Labute approximate surface area is 115 Å². The number of rotatable bonds is 3.